The first kappa shape index (κ1) is 12.9. The summed E-state index contributed by atoms with van der Waals surface area (Å²) in [4.78, 5) is 12.3. The molecule has 5 nitrogen and oxygen atoms in total. The van der Waals surface area contributed by atoms with Gasteiger partial charge in [0.2, 0.25) is 0 Å². The van der Waals surface area contributed by atoms with Crippen LogP contribution in [0.2, 0.25) is 0 Å². The van der Waals surface area contributed by atoms with E-state index in [0.717, 1.165) is 6.42 Å². The van der Waals surface area contributed by atoms with Gasteiger partial charge in [0, 0.05) is 6.61 Å². The predicted molar refractivity (Wildman–Crippen MR) is 69.8 cm³/mol. The van der Waals surface area contributed by atoms with E-state index >= 15 is 0 Å². The Labute approximate surface area is 117 Å². The van der Waals surface area contributed by atoms with E-state index in [9.17, 15) is 10.1 Å². The van der Waals surface area contributed by atoms with Crippen LogP contribution in [-0.2, 0) is 9.53 Å². The summed E-state index contributed by atoms with van der Waals surface area (Å²) in [7, 11) is 0. The number of fused-ring (bicyclic) bond motifs is 1. The third-order valence-corrected chi connectivity index (χ3v) is 3.56. The number of rotatable bonds is 3. The average molecular weight is 273 g/mol. The zero-order valence-corrected chi connectivity index (χ0v) is 11.0. The number of carbonyl (C=O) groups is 1. The fourth-order valence-electron chi connectivity index (χ4n) is 2.53. The van der Waals surface area contributed by atoms with E-state index in [4.69, 9.17) is 14.2 Å². The smallest absolute Gasteiger partial charge is 0.183 e. The maximum atomic E-state index is 12.3. The van der Waals surface area contributed by atoms with Crippen molar-refractivity contribution >= 4 is 5.78 Å². The van der Waals surface area contributed by atoms with Crippen molar-refractivity contribution in [3.63, 3.8) is 0 Å². The van der Waals surface area contributed by atoms with Crippen molar-refractivity contribution in [2.24, 2.45) is 0 Å². The summed E-state index contributed by atoms with van der Waals surface area (Å²) in [5.74, 6) is 0.269. The van der Waals surface area contributed by atoms with E-state index in [1.165, 1.54) is 0 Å². The quantitative estimate of drug-likeness (QED) is 0.840. The van der Waals surface area contributed by atoms with E-state index in [2.05, 4.69) is 6.07 Å². The van der Waals surface area contributed by atoms with Crippen LogP contribution in [0.15, 0.2) is 18.2 Å². The fourth-order valence-corrected chi connectivity index (χ4v) is 2.53. The summed E-state index contributed by atoms with van der Waals surface area (Å²) in [6.45, 7) is 1.59. The minimum absolute atomic E-state index is 0.165. The van der Waals surface area contributed by atoms with Crippen molar-refractivity contribution in [1.82, 2.24) is 0 Å². The van der Waals surface area contributed by atoms with E-state index in [1.54, 1.807) is 18.2 Å². The standard InChI is InChI=1S/C15H15NO4/c16-9-11(15(17)13-2-1-5-18-13)10-3-4-12-14(8-10)20-7-6-19-12/h3-4,8,11,13H,1-2,5-7H2. The molecule has 0 amide bonds. The molecule has 5 heteroatoms. The molecule has 0 spiro atoms. The maximum absolute atomic E-state index is 12.3. The maximum Gasteiger partial charge on any atom is 0.183 e. The number of hydrogen-bond donors (Lipinski definition) is 0. The number of hydrogen-bond acceptors (Lipinski definition) is 5. The Morgan fingerprint density at radius 2 is 2.05 bits per heavy atom. The number of nitriles is 1. The van der Waals surface area contributed by atoms with Gasteiger partial charge in [0.15, 0.2) is 17.3 Å². The largest absolute Gasteiger partial charge is 0.486 e. The summed E-state index contributed by atoms with van der Waals surface area (Å²) in [5.41, 5.74) is 0.636. The number of ether oxygens (including phenoxy) is 3. The SMILES string of the molecule is N#CC(C(=O)C1CCCO1)c1ccc2c(c1)OCCO2. The zero-order valence-electron chi connectivity index (χ0n) is 11.0. The van der Waals surface area contributed by atoms with Crippen molar-refractivity contribution in [2.45, 2.75) is 24.9 Å². The second-order valence-corrected chi connectivity index (χ2v) is 4.87. The van der Waals surface area contributed by atoms with Crippen molar-refractivity contribution in [2.75, 3.05) is 19.8 Å². The number of Topliss-reactive ketones (excluding diaryl/α,β-unsaturated/α-hetero) is 1. The molecular weight excluding hydrogens is 258 g/mol. The molecular formula is C15H15NO4. The molecule has 1 saturated heterocycles. The Morgan fingerprint density at radius 1 is 1.25 bits per heavy atom. The van der Waals surface area contributed by atoms with Crippen LogP contribution < -0.4 is 9.47 Å². The molecule has 0 saturated carbocycles. The van der Waals surface area contributed by atoms with Gasteiger partial charge in [-0.3, -0.25) is 4.79 Å². The lowest BCUT2D eigenvalue weighted by Crippen LogP contribution is -2.25. The van der Waals surface area contributed by atoms with Gasteiger partial charge in [-0.15, -0.1) is 0 Å². The molecule has 0 aliphatic carbocycles. The minimum atomic E-state index is -0.811. The normalized spacial score (nSPS) is 22.1. The lowest BCUT2D eigenvalue weighted by atomic mass is 9.92. The Hall–Kier alpha value is -2.06. The van der Waals surface area contributed by atoms with Crippen LogP contribution in [0.3, 0.4) is 0 Å². The molecule has 0 N–H and O–H groups in total. The van der Waals surface area contributed by atoms with Crippen molar-refractivity contribution in [3.05, 3.63) is 23.8 Å². The van der Waals surface area contributed by atoms with Gasteiger partial charge in [0.1, 0.15) is 25.2 Å². The number of benzene rings is 1. The summed E-state index contributed by atoms with van der Waals surface area (Å²) in [5, 5.41) is 9.32. The van der Waals surface area contributed by atoms with Crippen LogP contribution in [-0.4, -0.2) is 31.7 Å². The molecule has 0 aromatic heterocycles. The summed E-state index contributed by atoms with van der Waals surface area (Å²) in [6.07, 6.45) is 1.12. The highest BCUT2D eigenvalue weighted by molar-refractivity contribution is 5.92. The highest BCUT2D eigenvalue weighted by atomic mass is 16.6. The summed E-state index contributed by atoms with van der Waals surface area (Å²) in [6, 6.07) is 7.28. The molecule has 0 bridgehead atoms. The predicted octanol–water partition coefficient (Wildman–Crippen LogP) is 1.81. The Bertz CT molecular complexity index is 557. The first-order valence-electron chi connectivity index (χ1n) is 6.74. The van der Waals surface area contributed by atoms with Crippen molar-refractivity contribution < 1.29 is 19.0 Å². The topological polar surface area (TPSA) is 68.6 Å². The Balaban J connectivity index is 1.85. The number of nitrogens with zero attached hydrogens (tertiary/aromatic N) is 1. The van der Waals surface area contributed by atoms with Crippen LogP contribution in [0.25, 0.3) is 0 Å². The van der Waals surface area contributed by atoms with Gasteiger partial charge in [-0.05, 0) is 30.5 Å². The molecule has 104 valence electrons. The first-order chi connectivity index (χ1) is 9.79. The second kappa shape index (κ2) is 5.51. The van der Waals surface area contributed by atoms with Gasteiger partial charge in [0.25, 0.3) is 0 Å². The molecule has 2 unspecified atom stereocenters. The molecule has 2 aliphatic heterocycles. The van der Waals surface area contributed by atoms with Gasteiger partial charge in [-0.1, -0.05) is 6.07 Å². The molecule has 1 fully saturated rings. The van der Waals surface area contributed by atoms with Crippen molar-refractivity contribution in [1.29, 1.82) is 5.26 Å². The molecule has 3 rings (SSSR count). The first-order valence-corrected chi connectivity index (χ1v) is 6.74. The summed E-state index contributed by atoms with van der Waals surface area (Å²) < 4.78 is 16.3. The van der Waals surface area contributed by atoms with Gasteiger partial charge in [0.05, 0.1) is 6.07 Å². The third kappa shape index (κ3) is 2.35. The monoisotopic (exact) mass is 273 g/mol. The van der Waals surface area contributed by atoms with Crippen LogP contribution >= 0.6 is 0 Å². The van der Waals surface area contributed by atoms with Crippen LogP contribution in [0.5, 0.6) is 11.5 Å². The summed E-state index contributed by atoms with van der Waals surface area (Å²) >= 11 is 0. The molecule has 20 heavy (non-hydrogen) atoms. The van der Waals surface area contributed by atoms with Gasteiger partial charge in [-0.2, -0.15) is 5.26 Å². The molecule has 1 aromatic rings. The number of carbonyl (C=O) groups excluding carboxylic acids is 1. The van der Waals surface area contributed by atoms with Crippen molar-refractivity contribution in [3.8, 4) is 17.6 Å². The van der Waals surface area contributed by atoms with Crippen LogP contribution in [0.4, 0.5) is 0 Å². The molecule has 2 aliphatic rings. The molecule has 2 heterocycles. The van der Waals surface area contributed by atoms with Gasteiger partial charge >= 0.3 is 0 Å². The van der Waals surface area contributed by atoms with Gasteiger partial charge in [-0.25, -0.2) is 0 Å². The highest BCUT2D eigenvalue weighted by Crippen LogP contribution is 2.34. The molecule has 0 radical (unpaired) electrons. The Kier molecular flexibility index (Phi) is 3.57. The molecule has 2 atom stereocenters. The van der Waals surface area contributed by atoms with E-state index in [-0.39, 0.29) is 5.78 Å². The Morgan fingerprint density at radius 3 is 2.75 bits per heavy atom. The second-order valence-electron chi connectivity index (χ2n) is 4.87. The van der Waals surface area contributed by atoms with Gasteiger partial charge < -0.3 is 14.2 Å². The lowest BCUT2D eigenvalue weighted by Gasteiger charge is -2.20. The van der Waals surface area contributed by atoms with E-state index in [1.807, 2.05) is 0 Å². The highest BCUT2D eigenvalue weighted by Gasteiger charge is 2.32. The van der Waals surface area contributed by atoms with E-state index in [0.29, 0.717) is 43.3 Å². The average Bonchev–Trinajstić information content (AvgIpc) is 3.02. The molecule has 1 aromatic carbocycles. The fraction of sp³-hybridized carbons (Fsp3) is 0.467. The van der Waals surface area contributed by atoms with Crippen LogP contribution in [0.1, 0.15) is 24.3 Å². The zero-order chi connectivity index (χ0) is 13.9. The van der Waals surface area contributed by atoms with E-state index < -0.39 is 12.0 Å². The number of ketones is 1. The van der Waals surface area contributed by atoms with Crippen LogP contribution in [0, 0.1) is 11.3 Å². The lowest BCUT2D eigenvalue weighted by molar-refractivity contribution is -0.128. The third-order valence-electron chi connectivity index (χ3n) is 3.56. The minimum Gasteiger partial charge on any atom is -0.486 e.